The normalized spacial score (nSPS) is 11.2. The Labute approximate surface area is 126 Å². The van der Waals surface area contributed by atoms with Gasteiger partial charge in [-0.2, -0.15) is 0 Å². The van der Waals surface area contributed by atoms with Gasteiger partial charge in [-0.3, -0.25) is 10.8 Å². The molecule has 0 fully saturated rings. The Morgan fingerprint density at radius 1 is 1.20 bits per heavy atom. The van der Waals surface area contributed by atoms with Crippen molar-refractivity contribution in [1.29, 1.82) is 0 Å². The molecule has 0 aliphatic heterocycles. The lowest BCUT2D eigenvalue weighted by atomic mass is 10.0. The number of nitrogens with two attached hydrogens (primary N) is 1. The van der Waals surface area contributed by atoms with Gasteiger partial charge in [-0.15, -0.1) is 0 Å². The third-order valence-electron chi connectivity index (χ3n) is 3.77. The molecule has 0 spiro atoms. The summed E-state index contributed by atoms with van der Waals surface area (Å²) in [6, 6.07) is 10.4. The average molecular weight is 330 g/mol. The van der Waals surface area contributed by atoms with Crippen LogP contribution in [-0.4, -0.2) is 4.98 Å². The fourth-order valence-electron chi connectivity index (χ4n) is 2.72. The number of aromatic nitrogens is 1. The second kappa shape index (κ2) is 5.04. The van der Waals surface area contributed by atoms with E-state index in [1.165, 1.54) is 5.39 Å². The molecule has 0 saturated heterocycles. The number of halogens is 1. The number of rotatable bonds is 2. The molecule has 0 unspecified atom stereocenters. The number of fused-ring (bicyclic) bond motifs is 3. The highest BCUT2D eigenvalue weighted by Gasteiger charge is 2.13. The van der Waals surface area contributed by atoms with E-state index in [9.17, 15) is 0 Å². The van der Waals surface area contributed by atoms with Crippen molar-refractivity contribution in [3.05, 3.63) is 46.1 Å². The second-order valence-electron chi connectivity index (χ2n) is 4.86. The van der Waals surface area contributed by atoms with Crippen molar-refractivity contribution in [3.63, 3.8) is 0 Å². The third-order valence-corrected chi connectivity index (χ3v) is 4.42. The first-order valence-corrected chi connectivity index (χ1v) is 7.43. The van der Waals surface area contributed by atoms with E-state index in [1.54, 1.807) is 0 Å². The minimum Gasteiger partial charge on any atom is -0.323 e. The zero-order valence-corrected chi connectivity index (χ0v) is 13.1. The number of hydrogen-bond donors (Lipinski definition) is 2. The van der Waals surface area contributed by atoms with E-state index in [0.29, 0.717) is 0 Å². The molecule has 0 saturated carbocycles. The molecule has 0 bridgehead atoms. The molecule has 4 heteroatoms. The minimum atomic E-state index is 0.890. The topological polar surface area (TPSA) is 50.9 Å². The number of anilines is 1. The lowest BCUT2D eigenvalue weighted by molar-refractivity contribution is 1.03. The van der Waals surface area contributed by atoms with Gasteiger partial charge in [-0.05, 0) is 30.4 Å². The molecule has 1 heterocycles. The van der Waals surface area contributed by atoms with E-state index in [4.69, 9.17) is 10.8 Å². The number of pyridine rings is 1. The van der Waals surface area contributed by atoms with Crippen molar-refractivity contribution in [3.8, 4) is 0 Å². The van der Waals surface area contributed by atoms with Gasteiger partial charge >= 0.3 is 0 Å². The summed E-state index contributed by atoms with van der Waals surface area (Å²) in [6.45, 7) is 4.17. The smallest absolute Gasteiger partial charge is 0.0805 e. The monoisotopic (exact) mass is 329 g/mol. The predicted octanol–water partition coefficient (Wildman–Crippen LogP) is 4.31. The summed E-state index contributed by atoms with van der Waals surface area (Å²) >= 11 is 3.65. The number of nitrogens with one attached hydrogen (secondary N) is 1. The van der Waals surface area contributed by atoms with Gasteiger partial charge in [0.15, 0.2) is 0 Å². The van der Waals surface area contributed by atoms with Gasteiger partial charge in [0.2, 0.25) is 0 Å². The number of hydrogen-bond acceptors (Lipinski definition) is 3. The van der Waals surface area contributed by atoms with Gasteiger partial charge in [0.25, 0.3) is 0 Å². The summed E-state index contributed by atoms with van der Waals surface area (Å²) < 4.78 is 1.06. The van der Waals surface area contributed by atoms with Gasteiger partial charge in [0.05, 0.1) is 11.2 Å². The molecule has 20 heavy (non-hydrogen) atoms. The molecule has 0 aliphatic rings. The highest BCUT2D eigenvalue weighted by atomic mass is 79.9. The number of nitrogen functional groups attached to an aromatic ring is 1. The van der Waals surface area contributed by atoms with Crippen molar-refractivity contribution < 1.29 is 0 Å². The van der Waals surface area contributed by atoms with Crippen LogP contribution in [-0.2, 0) is 6.42 Å². The zero-order chi connectivity index (χ0) is 14.3. The Morgan fingerprint density at radius 3 is 2.55 bits per heavy atom. The third kappa shape index (κ3) is 1.87. The van der Waals surface area contributed by atoms with Crippen LogP contribution in [0.25, 0.3) is 21.7 Å². The van der Waals surface area contributed by atoms with Crippen LogP contribution in [0, 0.1) is 6.92 Å². The van der Waals surface area contributed by atoms with Gasteiger partial charge < -0.3 is 5.43 Å². The Morgan fingerprint density at radius 2 is 1.90 bits per heavy atom. The first-order valence-electron chi connectivity index (χ1n) is 6.64. The highest BCUT2D eigenvalue weighted by molar-refractivity contribution is 9.10. The number of nitrogens with zero attached hydrogens (tertiary/aromatic N) is 1. The van der Waals surface area contributed by atoms with Gasteiger partial charge in [-0.25, -0.2) is 0 Å². The van der Waals surface area contributed by atoms with Crippen molar-refractivity contribution in [2.75, 3.05) is 5.43 Å². The molecule has 3 aromatic rings. The zero-order valence-electron chi connectivity index (χ0n) is 11.5. The second-order valence-corrected chi connectivity index (χ2v) is 5.71. The lowest BCUT2D eigenvalue weighted by Gasteiger charge is -2.15. The average Bonchev–Trinajstić information content (AvgIpc) is 2.47. The number of hydrazine groups is 1. The Bertz CT molecular complexity index is 812. The van der Waals surface area contributed by atoms with E-state index in [-0.39, 0.29) is 0 Å². The standard InChI is InChI=1S/C16H16BrN3/c1-3-14-9(2)15(20-18)12-8-13(17)10-6-4-5-7-11(10)16(12)19-14/h4-8H,3,18H2,1-2H3,(H,19,20). The predicted molar refractivity (Wildman–Crippen MR) is 88.9 cm³/mol. The first kappa shape index (κ1) is 13.3. The van der Waals surface area contributed by atoms with Crippen LogP contribution in [0.15, 0.2) is 34.8 Å². The molecule has 3 nitrogen and oxygen atoms in total. The molecule has 102 valence electrons. The lowest BCUT2D eigenvalue weighted by Crippen LogP contribution is -2.11. The van der Waals surface area contributed by atoms with Crippen molar-refractivity contribution in [2.24, 2.45) is 5.84 Å². The summed E-state index contributed by atoms with van der Waals surface area (Å²) in [5.41, 5.74) is 7.00. The molecule has 0 radical (unpaired) electrons. The van der Waals surface area contributed by atoms with Crippen molar-refractivity contribution in [2.45, 2.75) is 20.3 Å². The molecule has 1 aromatic heterocycles. The quantitative estimate of drug-likeness (QED) is 0.418. The largest absolute Gasteiger partial charge is 0.323 e. The molecule has 0 atom stereocenters. The van der Waals surface area contributed by atoms with E-state index in [2.05, 4.69) is 53.4 Å². The maximum Gasteiger partial charge on any atom is 0.0805 e. The van der Waals surface area contributed by atoms with Crippen LogP contribution in [0.3, 0.4) is 0 Å². The summed E-state index contributed by atoms with van der Waals surface area (Å²) in [6.07, 6.45) is 0.890. The Balaban J connectivity index is 2.57. The van der Waals surface area contributed by atoms with Crippen LogP contribution >= 0.6 is 15.9 Å². The molecular weight excluding hydrogens is 314 g/mol. The van der Waals surface area contributed by atoms with Crippen LogP contribution in [0.2, 0.25) is 0 Å². The van der Waals surface area contributed by atoms with E-state index in [1.807, 2.05) is 12.1 Å². The highest BCUT2D eigenvalue weighted by Crippen LogP contribution is 2.36. The maximum absolute atomic E-state index is 5.74. The molecule has 3 N–H and O–H groups in total. The molecule has 0 aliphatic carbocycles. The summed E-state index contributed by atoms with van der Waals surface area (Å²) in [5.74, 6) is 5.74. The van der Waals surface area contributed by atoms with Crippen LogP contribution in [0.1, 0.15) is 18.2 Å². The van der Waals surface area contributed by atoms with Gasteiger partial charge in [0, 0.05) is 20.9 Å². The molecular formula is C16H16BrN3. The van der Waals surface area contributed by atoms with E-state index in [0.717, 1.165) is 44.1 Å². The fraction of sp³-hybridized carbons (Fsp3) is 0.188. The Kier molecular flexibility index (Phi) is 3.36. The van der Waals surface area contributed by atoms with Crippen LogP contribution < -0.4 is 11.3 Å². The number of benzene rings is 2. The molecule has 3 rings (SSSR count). The van der Waals surface area contributed by atoms with Gasteiger partial charge in [0.1, 0.15) is 0 Å². The summed E-state index contributed by atoms with van der Waals surface area (Å²) in [5, 5.41) is 3.36. The van der Waals surface area contributed by atoms with Crippen LogP contribution in [0.5, 0.6) is 0 Å². The van der Waals surface area contributed by atoms with Gasteiger partial charge in [-0.1, -0.05) is 47.1 Å². The minimum absolute atomic E-state index is 0.890. The maximum atomic E-state index is 5.74. The van der Waals surface area contributed by atoms with Crippen molar-refractivity contribution >= 4 is 43.3 Å². The first-order chi connectivity index (χ1) is 9.67. The number of aryl methyl sites for hydroxylation is 1. The van der Waals surface area contributed by atoms with Crippen molar-refractivity contribution in [1.82, 2.24) is 4.98 Å². The summed E-state index contributed by atoms with van der Waals surface area (Å²) in [7, 11) is 0. The fourth-order valence-corrected chi connectivity index (χ4v) is 3.30. The molecule has 2 aromatic carbocycles. The van der Waals surface area contributed by atoms with E-state index < -0.39 is 0 Å². The Hall–Kier alpha value is -1.65. The van der Waals surface area contributed by atoms with Crippen LogP contribution in [0.4, 0.5) is 5.69 Å². The van der Waals surface area contributed by atoms with E-state index >= 15 is 0 Å². The summed E-state index contributed by atoms with van der Waals surface area (Å²) in [4.78, 5) is 4.85. The SMILES string of the molecule is CCc1nc2c(cc(Br)c3ccccc32)c(NN)c1C. The molecule has 0 amide bonds.